The molecule has 30 heavy (non-hydrogen) atoms. The number of rotatable bonds is 5. The van der Waals surface area contributed by atoms with Gasteiger partial charge in [0.15, 0.2) is 0 Å². The van der Waals surface area contributed by atoms with Crippen molar-refractivity contribution in [2.45, 2.75) is 40.8 Å². The summed E-state index contributed by atoms with van der Waals surface area (Å²) in [5.41, 5.74) is -5.87. The van der Waals surface area contributed by atoms with Crippen LogP contribution in [0.4, 0.5) is 0 Å². The van der Waals surface area contributed by atoms with Crippen LogP contribution in [0.1, 0.15) is 33.3 Å². The van der Waals surface area contributed by atoms with Gasteiger partial charge in [-0.15, -0.1) is 0 Å². The van der Waals surface area contributed by atoms with E-state index in [1.54, 1.807) is 30.3 Å². The maximum atomic E-state index is 11.7. The smallest absolute Gasteiger partial charge is 0.337 e. The maximum absolute atomic E-state index is 11.7. The highest BCUT2D eigenvalue weighted by atomic mass is 16.5. The molecule has 8 heteroatoms. The van der Waals surface area contributed by atoms with E-state index in [2.05, 4.69) is 4.74 Å². The van der Waals surface area contributed by atoms with Gasteiger partial charge in [-0.05, 0) is 23.3 Å². The van der Waals surface area contributed by atoms with Gasteiger partial charge < -0.3 is 35.4 Å². The minimum atomic E-state index is -2.36. The molecule has 0 aliphatic heterocycles. The molecule has 2 aliphatic carbocycles. The van der Waals surface area contributed by atoms with Gasteiger partial charge in [0.25, 0.3) is 0 Å². The van der Waals surface area contributed by atoms with Gasteiger partial charge in [-0.25, -0.2) is 4.79 Å². The standard InChI is InChI=1S/C22H24O8/c1-30-19(26)14-9-7-13(8-10-14)17-20(27,15(24)11-23)22(29)16(18(25)21(17,22)28)12-5-3-2-4-6-12/h2-10,15-18,23-25,27-29H,11H2,1H3/t15-,16?,17?,18?,20+,21+,22+/m1/s1. The molecule has 0 saturated heterocycles. The zero-order valence-corrected chi connectivity index (χ0v) is 16.2. The quantitative estimate of drug-likeness (QED) is 0.350. The normalized spacial score (nSPS) is 38.0. The first-order valence-corrected chi connectivity index (χ1v) is 9.56. The van der Waals surface area contributed by atoms with Crippen molar-refractivity contribution in [1.29, 1.82) is 0 Å². The number of benzene rings is 2. The van der Waals surface area contributed by atoms with Crippen LogP contribution < -0.4 is 0 Å². The minimum absolute atomic E-state index is 0.227. The summed E-state index contributed by atoms with van der Waals surface area (Å²) in [5, 5.41) is 65.1. The first-order valence-electron chi connectivity index (χ1n) is 9.56. The number of carbonyl (C=O) groups is 1. The zero-order valence-electron chi connectivity index (χ0n) is 16.2. The van der Waals surface area contributed by atoms with Crippen LogP contribution >= 0.6 is 0 Å². The summed E-state index contributed by atoms with van der Waals surface area (Å²) < 4.78 is 4.65. The fourth-order valence-electron chi connectivity index (χ4n) is 5.41. The second kappa shape index (κ2) is 6.84. The van der Waals surface area contributed by atoms with Crippen LogP contribution in [0.5, 0.6) is 0 Å². The summed E-state index contributed by atoms with van der Waals surface area (Å²) in [5.74, 6) is -2.98. The molecule has 2 aromatic rings. The molecule has 8 nitrogen and oxygen atoms in total. The molecule has 6 N–H and O–H groups in total. The highest BCUT2D eigenvalue weighted by Crippen LogP contribution is 2.75. The topological polar surface area (TPSA) is 148 Å². The average Bonchev–Trinajstić information content (AvgIpc) is 2.78. The lowest BCUT2D eigenvalue weighted by atomic mass is 9.30. The third-order valence-electron chi connectivity index (χ3n) is 6.82. The number of esters is 1. The van der Waals surface area contributed by atoms with E-state index in [9.17, 15) is 35.4 Å². The van der Waals surface area contributed by atoms with Gasteiger partial charge in [-0.2, -0.15) is 0 Å². The summed E-state index contributed by atoms with van der Waals surface area (Å²) in [6.07, 6.45) is -3.24. The van der Waals surface area contributed by atoms with Gasteiger partial charge in [-0.1, -0.05) is 42.5 Å². The van der Waals surface area contributed by atoms with Gasteiger partial charge in [0.1, 0.15) is 22.9 Å². The largest absolute Gasteiger partial charge is 0.465 e. The van der Waals surface area contributed by atoms with Crippen LogP contribution in [0.25, 0.3) is 0 Å². The van der Waals surface area contributed by atoms with E-state index in [0.717, 1.165) is 0 Å². The highest BCUT2D eigenvalue weighted by Gasteiger charge is 2.93. The first-order chi connectivity index (χ1) is 14.2. The van der Waals surface area contributed by atoms with Crippen LogP contribution in [-0.2, 0) is 4.74 Å². The van der Waals surface area contributed by atoms with Crippen LogP contribution in [-0.4, -0.2) is 79.3 Å². The van der Waals surface area contributed by atoms with Crippen LogP contribution in [0.2, 0.25) is 0 Å². The minimum Gasteiger partial charge on any atom is -0.465 e. The van der Waals surface area contributed by atoms with Crippen molar-refractivity contribution in [2.24, 2.45) is 0 Å². The van der Waals surface area contributed by atoms with Crippen molar-refractivity contribution < 1.29 is 40.2 Å². The number of aliphatic hydroxyl groups is 6. The number of carbonyl (C=O) groups excluding carboxylic acids is 1. The monoisotopic (exact) mass is 416 g/mol. The number of hydrogen-bond donors (Lipinski definition) is 6. The number of hydrogen-bond acceptors (Lipinski definition) is 8. The molecule has 0 spiro atoms. The molecule has 3 unspecified atom stereocenters. The zero-order chi connectivity index (χ0) is 21.9. The third kappa shape index (κ3) is 2.23. The van der Waals surface area contributed by atoms with Crippen LogP contribution in [0, 0.1) is 0 Å². The van der Waals surface area contributed by atoms with Crippen molar-refractivity contribution in [2.75, 3.05) is 13.7 Å². The molecule has 2 aliphatic rings. The van der Waals surface area contributed by atoms with E-state index in [-0.39, 0.29) is 11.1 Å². The van der Waals surface area contributed by atoms with Crippen LogP contribution in [0.3, 0.4) is 0 Å². The molecule has 2 fully saturated rings. The van der Waals surface area contributed by atoms with E-state index in [1.807, 2.05) is 0 Å². The predicted molar refractivity (Wildman–Crippen MR) is 104 cm³/mol. The van der Waals surface area contributed by atoms with Gasteiger partial charge >= 0.3 is 5.97 Å². The summed E-state index contributed by atoms with van der Waals surface area (Å²) in [4.78, 5) is 11.7. The van der Waals surface area contributed by atoms with E-state index >= 15 is 0 Å². The Labute approximate surface area is 172 Å². The van der Waals surface area contributed by atoms with Crippen molar-refractivity contribution in [3.8, 4) is 0 Å². The molecule has 7 atom stereocenters. The molecule has 0 heterocycles. The summed E-state index contributed by atoms with van der Waals surface area (Å²) in [6.45, 7) is -0.872. The highest BCUT2D eigenvalue weighted by molar-refractivity contribution is 5.89. The number of fused-ring (bicyclic) bond motifs is 1. The predicted octanol–water partition coefficient (Wildman–Crippen LogP) is -0.725. The molecule has 0 radical (unpaired) electrons. The molecule has 2 saturated carbocycles. The second-order valence-corrected chi connectivity index (χ2v) is 8.00. The van der Waals surface area contributed by atoms with Gasteiger partial charge in [-0.3, -0.25) is 0 Å². The molecule has 160 valence electrons. The van der Waals surface area contributed by atoms with Gasteiger partial charge in [0.05, 0.1) is 31.3 Å². The lowest BCUT2D eigenvalue weighted by Crippen LogP contribution is -2.99. The van der Waals surface area contributed by atoms with Gasteiger partial charge in [0, 0.05) is 5.92 Å². The van der Waals surface area contributed by atoms with Crippen molar-refractivity contribution in [1.82, 2.24) is 0 Å². The Morgan fingerprint density at radius 2 is 1.63 bits per heavy atom. The molecule has 0 amide bonds. The Hall–Kier alpha value is -2.33. The number of aliphatic hydroxyl groups excluding tert-OH is 3. The second-order valence-electron chi connectivity index (χ2n) is 8.00. The van der Waals surface area contributed by atoms with E-state index < -0.39 is 53.4 Å². The summed E-state index contributed by atoms with van der Waals surface area (Å²) in [6, 6.07) is 14.1. The number of methoxy groups -OCH3 is 1. The maximum Gasteiger partial charge on any atom is 0.337 e. The molecular formula is C22H24O8. The van der Waals surface area contributed by atoms with Crippen molar-refractivity contribution in [3.05, 3.63) is 71.3 Å². The Morgan fingerprint density at radius 1 is 1.03 bits per heavy atom. The lowest BCUT2D eigenvalue weighted by molar-refractivity contribution is -0.459. The molecule has 4 rings (SSSR count). The van der Waals surface area contributed by atoms with Crippen molar-refractivity contribution >= 4 is 5.97 Å². The van der Waals surface area contributed by atoms with E-state index in [0.29, 0.717) is 5.56 Å². The molecule has 0 aromatic heterocycles. The lowest BCUT2D eigenvalue weighted by Gasteiger charge is -2.80. The Morgan fingerprint density at radius 3 is 2.17 bits per heavy atom. The summed E-state index contributed by atoms with van der Waals surface area (Å²) in [7, 11) is 1.23. The summed E-state index contributed by atoms with van der Waals surface area (Å²) >= 11 is 0. The fraction of sp³-hybridized carbons (Fsp3) is 0.409. The number of ether oxygens (including phenoxy) is 1. The Balaban J connectivity index is 1.80. The Kier molecular flexibility index (Phi) is 4.77. The van der Waals surface area contributed by atoms with Gasteiger partial charge in [0.2, 0.25) is 0 Å². The fourth-order valence-corrected chi connectivity index (χ4v) is 5.41. The SMILES string of the molecule is COC(=O)c1ccc(C2[C@]3(O)C(O)C(c4ccccc4)[C@]3(O)[C@]2(O)[C@H](O)CO)cc1. The van der Waals surface area contributed by atoms with Crippen molar-refractivity contribution in [3.63, 3.8) is 0 Å². The molecular weight excluding hydrogens is 392 g/mol. The van der Waals surface area contributed by atoms with E-state index in [1.165, 1.54) is 31.4 Å². The Bertz CT molecular complexity index is 947. The average molecular weight is 416 g/mol. The third-order valence-corrected chi connectivity index (χ3v) is 6.82. The first kappa shape index (κ1) is 20.9. The van der Waals surface area contributed by atoms with Crippen LogP contribution in [0.15, 0.2) is 54.6 Å². The molecule has 2 aromatic carbocycles. The molecule has 0 bridgehead atoms. The van der Waals surface area contributed by atoms with E-state index in [4.69, 9.17) is 0 Å².